The van der Waals surface area contributed by atoms with E-state index >= 15 is 0 Å². The highest BCUT2D eigenvalue weighted by molar-refractivity contribution is 5.85. The molecule has 1 fully saturated rings. The fourth-order valence-corrected chi connectivity index (χ4v) is 2.23. The molecule has 1 aromatic carbocycles. The van der Waals surface area contributed by atoms with Crippen molar-refractivity contribution in [3.8, 4) is 5.75 Å². The van der Waals surface area contributed by atoms with Crippen LogP contribution < -0.4 is 10.1 Å². The summed E-state index contributed by atoms with van der Waals surface area (Å²) >= 11 is 0. The first-order valence-corrected chi connectivity index (χ1v) is 6.84. The molecule has 0 aromatic heterocycles. The molecule has 1 aliphatic rings. The van der Waals surface area contributed by atoms with Crippen molar-refractivity contribution in [2.75, 3.05) is 20.3 Å². The average Bonchev–Trinajstić information content (AvgIpc) is 3.01. The van der Waals surface area contributed by atoms with E-state index in [4.69, 9.17) is 9.47 Å². The van der Waals surface area contributed by atoms with E-state index in [2.05, 4.69) is 5.32 Å². The standard InChI is InChI=1S/C15H19NO5/c1-20-12-4-2-10(3-5-12)8-13(15(18)19)16-14(17)11-6-7-21-9-11/h2-5,11,13H,6-9H2,1H3,(H,16,17)(H,18,19)/t11-,13-/m0/s1. The SMILES string of the molecule is COc1ccc(C[C@H](NC(=O)[C@H]2CCOC2)C(=O)O)cc1. The third kappa shape index (κ3) is 4.19. The second-order valence-corrected chi connectivity index (χ2v) is 5.01. The van der Waals surface area contributed by atoms with Gasteiger partial charge in [0.25, 0.3) is 0 Å². The minimum Gasteiger partial charge on any atom is -0.497 e. The van der Waals surface area contributed by atoms with Crippen LogP contribution in [0.4, 0.5) is 0 Å². The fourth-order valence-electron chi connectivity index (χ4n) is 2.23. The predicted molar refractivity (Wildman–Crippen MR) is 75.2 cm³/mol. The Balaban J connectivity index is 1.97. The Kier molecular flexibility index (Phi) is 5.16. The Labute approximate surface area is 123 Å². The lowest BCUT2D eigenvalue weighted by Crippen LogP contribution is -2.45. The number of carboxylic acids is 1. The first-order valence-electron chi connectivity index (χ1n) is 6.84. The molecule has 0 radical (unpaired) electrons. The molecule has 1 heterocycles. The number of amides is 1. The number of benzene rings is 1. The lowest BCUT2D eigenvalue weighted by atomic mass is 10.0. The van der Waals surface area contributed by atoms with Crippen LogP contribution in [0.3, 0.4) is 0 Å². The van der Waals surface area contributed by atoms with Gasteiger partial charge < -0.3 is 19.9 Å². The van der Waals surface area contributed by atoms with Crippen LogP contribution in [0.25, 0.3) is 0 Å². The lowest BCUT2D eigenvalue weighted by Gasteiger charge is -2.17. The number of aliphatic carboxylic acids is 1. The Morgan fingerprint density at radius 3 is 2.67 bits per heavy atom. The van der Waals surface area contributed by atoms with Crippen molar-refractivity contribution in [2.24, 2.45) is 5.92 Å². The van der Waals surface area contributed by atoms with Crippen molar-refractivity contribution in [3.05, 3.63) is 29.8 Å². The first-order chi connectivity index (χ1) is 10.1. The Morgan fingerprint density at radius 2 is 2.14 bits per heavy atom. The second kappa shape index (κ2) is 7.08. The summed E-state index contributed by atoms with van der Waals surface area (Å²) in [5.41, 5.74) is 0.825. The predicted octanol–water partition coefficient (Wildman–Crippen LogP) is 0.844. The van der Waals surface area contributed by atoms with E-state index in [0.29, 0.717) is 25.4 Å². The van der Waals surface area contributed by atoms with Gasteiger partial charge in [0.05, 0.1) is 19.6 Å². The molecule has 0 spiro atoms. The van der Waals surface area contributed by atoms with Crippen LogP contribution in [-0.4, -0.2) is 43.3 Å². The molecule has 1 aromatic rings. The summed E-state index contributed by atoms with van der Waals surface area (Å²) in [4.78, 5) is 23.3. The molecule has 0 unspecified atom stereocenters. The average molecular weight is 293 g/mol. The van der Waals surface area contributed by atoms with Gasteiger partial charge in [-0.15, -0.1) is 0 Å². The van der Waals surface area contributed by atoms with E-state index in [1.807, 2.05) is 0 Å². The zero-order valence-electron chi connectivity index (χ0n) is 11.9. The molecule has 1 saturated heterocycles. The molecule has 0 bridgehead atoms. The number of nitrogens with one attached hydrogen (secondary N) is 1. The molecule has 2 rings (SSSR count). The fraction of sp³-hybridized carbons (Fsp3) is 0.467. The van der Waals surface area contributed by atoms with Crippen LogP contribution in [0.15, 0.2) is 24.3 Å². The third-order valence-electron chi connectivity index (χ3n) is 3.51. The molecule has 21 heavy (non-hydrogen) atoms. The first kappa shape index (κ1) is 15.3. The number of rotatable bonds is 6. The van der Waals surface area contributed by atoms with Crippen LogP contribution in [0, 0.1) is 5.92 Å². The number of methoxy groups -OCH3 is 1. The van der Waals surface area contributed by atoms with Gasteiger partial charge in [0.15, 0.2) is 0 Å². The van der Waals surface area contributed by atoms with Crippen molar-refractivity contribution in [1.29, 1.82) is 0 Å². The highest BCUT2D eigenvalue weighted by Gasteiger charge is 2.28. The van der Waals surface area contributed by atoms with Gasteiger partial charge >= 0.3 is 5.97 Å². The quantitative estimate of drug-likeness (QED) is 0.812. The maximum absolute atomic E-state index is 12.0. The van der Waals surface area contributed by atoms with Crippen LogP contribution in [0.1, 0.15) is 12.0 Å². The maximum Gasteiger partial charge on any atom is 0.326 e. The molecule has 6 nitrogen and oxygen atoms in total. The number of carbonyl (C=O) groups is 2. The molecular weight excluding hydrogens is 274 g/mol. The minimum atomic E-state index is -1.04. The van der Waals surface area contributed by atoms with E-state index in [0.717, 1.165) is 5.56 Å². The highest BCUT2D eigenvalue weighted by Crippen LogP contribution is 2.15. The van der Waals surface area contributed by atoms with Gasteiger partial charge in [-0.1, -0.05) is 12.1 Å². The Hall–Kier alpha value is -2.08. The number of carbonyl (C=O) groups excluding carboxylic acids is 1. The van der Waals surface area contributed by atoms with Gasteiger partial charge in [0.1, 0.15) is 11.8 Å². The zero-order chi connectivity index (χ0) is 15.2. The Morgan fingerprint density at radius 1 is 1.43 bits per heavy atom. The minimum absolute atomic E-state index is 0.235. The molecule has 1 amide bonds. The van der Waals surface area contributed by atoms with E-state index in [1.54, 1.807) is 31.4 Å². The van der Waals surface area contributed by atoms with Crippen molar-refractivity contribution >= 4 is 11.9 Å². The summed E-state index contributed by atoms with van der Waals surface area (Å²) in [6.45, 7) is 0.912. The second-order valence-electron chi connectivity index (χ2n) is 5.01. The number of carboxylic acid groups (broad SMARTS) is 1. The Bertz CT molecular complexity index is 493. The van der Waals surface area contributed by atoms with Gasteiger partial charge in [0, 0.05) is 13.0 Å². The van der Waals surface area contributed by atoms with E-state index in [9.17, 15) is 14.7 Å². The molecule has 6 heteroatoms. The van der Waals surface area contributed by atoms with Crippen LogP contribution in [-0.2, 0) is 20.7 Å². The number of ether oxygens (including phenoxy) is 2. The summed E-state index contributed by atoms with van der Waals surface area (Å²) in [5, 5.41) is 11.8. The van der Waals surface area contributed by atoms with Crippen LogP contribution in [0.5, 0.6) is 5.75 Å². The molecular formula is C15H19NO5. The molecule has 0 aliphatic carbocycles. The molecule has 0 saturated carbocycles. The summed E-state index contributed by atoms with van der Waals surface area (Å²) in [6.07, 6.45) is 0.874. The lowest BCUT2D eigenvalue weighted by molar-refractivity contribution is -0.142. The van der Waals surface area contributed by atoms with Crippen LogP contribution >= 0.6 is 0 Å². The summed E-state index contributed by atoms with van der Waals surface area (Å²) in [6, 6.07) is 6.17. The van der Waals surface area contributed by atoms with E-state index < -0.39 is 12.0 Å². The highest BCUT2D eigenvalue weighted by atomic mass is 16.5. The largest absolute Gasteiger partial charge is 0.497 e. The van der Waals surface area contributed by atoms with Gasteiger partial charge in [-0.05, 0) is 24.1 Å². The number of hydrogen-bond donors (Lipinski definition) is 2. The van der Waals surface area contributed by atoms with Gasteiger partial charge in [0.2, 0.25) is 5.91 Å². The van der Waals surface area contributed by atoms with Crippen LogP contribution in [0.2, 0.25) is 0 Å². The van der Waals surface area contributed by atoms with E-state index in [-0.39, 0.29) is 18.2 Å². The summed E-state index contributed by atoms with van der Waals surface area (Å²) in [7, 11) is 1.57. The maximum atomic E-state index is 12.0. The van der Waals surface area contributed by atoms with Crippen molar-refractivity contribution < 1.29 is 24.2 Å². The van der Waals surface area contributed by atoms with Gasteiger partial charge in [-0.25, -0.2) is 4.79 Å². The molecule has 2 N–H and O–H groups in total. The van der Waals surface area contributed by atoms with Crippen molar-refractivity contribution in [1.82, 2.24) is 5.32 Å². The summed E-state index contributed by atoms with van der Waals surface area (Å²) in [5.74, 6) is -0.841. The van der Waals surface area contributed by atoms with Crippen molar-refractivity contribution in [3.63, 3.8) is 0 Å². The smallest absolute Gasteiger partial charge is 0.326 e. The van der Waals surface area contributed by atoms with Gasteiger partial charge in [-0.2, -0.15) is 0 Å². The topological polar surface area (TPSA) is 84.9 Å². The monoisotopic (exact) mass is 293 g/mol. The zero-order valence-corrected chi connectivity index (χ0v) is 11.9. The van der Waals surface area contributed by atoms with Crippen molar-refractivity contribution in [2.45, 2.75) is 18.9 Å². The molecule has 2 atom stereocenters. The van der Waals surface area contributed by atoms with E-state index in [1.165, 1.54) is 0 Å². The molecule has 114 valence electrons. The molecule has 1 aliphatic heterocycles. The van der Waals surface area contributed by atoms with Gasteiger partial charge in [-0.3, -0.25) is 4.79 Å². The summed E-state index contributed by atoms with van der Waals surface area (Å²) < 4.78 is 10.2. The normalized spacial score (nSPS) is 19.0. The number of hydrogen-bond acceptors (Lipinski definition) is 4. The third-order valence-corrected chi connectivity index (χ3v) is 3.51.